The lowest BCUT2D eigenvalue weighted by Crippen LogP contribution is -2.32. The standard InChI is InChI=1S/C16H22FNO.2C2H6/c1-11-15(19)10-12-4-5-13(18-8-2-3-9-18)6-7-14(12)16(11)17;2*1-2/h10,13,19H,2-9H2,1H3;2*1-2H3. The summed E-state index contributed by atoms with van der Waals surface area (Å²) in [6, 6.07) is 2.37. The number of fused-ring (bicyclic) bond motifs is 1. The third-order valence-corrected chi connectivity index (χ3v) is 4.81. The van der Waals surface area contributed by atoms with Gasteiger partial charge in [-0.2, -0.15) is 0 Å². The van der Waals surface area contributed by atoms with Crippen molar-refractivity contribution >= 4 is 0 Å². The smallest absolute Gasteiger partial charge is 0.133 e. The van der Waals surface area contributed by atoms with E-state index in [1.165, 1.54) is 25.9 Å². The topological polar surface area (TPSA) is 23.5 Å². The van der Waals surface area contributed by atoms with Crippen LogP contribution in [-0.2, 0) is 12.8 Å². The van der Waals surface area contributed by atoms with Crippen LogP contribution in [0.5, 0.6) is 5.75 Å². The summed E-state index contributed by atoms with van der Waals surface area (Å²) in [5.41, 5.74) is 2.26. The van der Waals surface area contributed by atoms with Gasteiger partial charge in [-0.25, -0.2) is 4.39 Å². The Balaban J connectivity index is 0.000000615. The van der Waals surface area contributed by atoms with Gasteiger partial charge in [0.05, 0.1) is 0 Å². The largest absolute Gasteiger partial charge is 0.508 e. The van der Waals surface area contributed by atoms with Gasteiger partial charge in [0.2, 0.25) is 0 Å². The van der Waals surface area contributed by atoms with Crippen LogP contribution in [0.4, 0.5) is 4.39 Å². The van der Waals surface area contributed by atoms with Crippen LogP contribution in [0, 0.1) is 12.7 Å². The van der Waals surface area contributed by atoms with E-state index < -0.39 is 0 Å². The molecule has 0 saturated carbocycles. The second-order valence-corrected chi connectivity index (χ2v) is 5.95. The molecule has 1 aliphatic heterocycles. The molecule has 23 heavy (non-hydrogen) atoms. The fourth-order valence-electron chi connectivity index (χ4n) is 3.58. The molecule has 2 nitrogen and oxygen atoms in total. The van der Waals surface area contributed by atoms with Gasteiger partial charge in [-0.15, -0.1) is 0 Å². The zero-order valence-corrected chi connectivity index (χ0v) is 15.6. The molecule has 1 fully saturated rings. The summed E-state index contributed by atoms with van der Waals surface area (Å²) in [4.78, 5) is 2.57. The highest BCUT2D eigenvalue weighted by molar-refractivity contribution is 5.43. The van der Waals surface area contributed by atoms with Crippen LogP contribution < -0.4 is 0 Å². The Morgan fingerprint density at radius 1 is 1.04 bits per heavy atom. The lowest BCUT2D eigenvalue weighted by molar-refractivity contribution is 0.222. The van der Waals surface area contributed by atoms with Gasteiger partial charge in [0, 0.05) is 11.6 Å². The van der Waals surface area contributed by atoms with Crippen LogP contribution in [0.1, 0.15) is 70.1 Å². The van der Waals surface area contributed by atoms with Gasteiger partial charge >= 0.3 is 0 Å². The van der Waals surface area contributed by atoms with Crippen molar-refractivity contribution < 1.29 is 9.50 Å². The molecule has 1 aromatic carbocycles. The number of phenols is 1. The second kappa shape index (κ2) is 9.92. The lowest BCUT2D eigenvalue weighted by atomic mass is 9.99. The van der Waals surface area contributed by atoms with Gasteiger partial charge < -0.3 is 10.0 Å². The molecule has 0 bridgehead atoms. The minimum atomic E-state index is -0.183. The third kappa shape index (κ3) is 4.69. The monoisotopic (exact) mass is 323 g/mol. The van der Waals surface area contributed by atoms with Gasteiger partial charge in [0.1, 0.15) is 11.6 Å². The van der Waals surface area contributed by atoms with E-state index in [1.54, 1.807) is 13.0 Å². The summed E-state index contributed by atoms with van der Waals surface area (Å²) in [6.07, 6.45) is 6.45. The third-order valence-electron chi connectivity index (χ3n) is 4.81. The molecule has 1 aliphatic carbocycles. The Hall–Kier alpha value is -1.09. The highest BCUT2D eigenvalue weighted by atomic mass is 19.1. The van der Waals surface area contributed by atoms with E-state index in [2.05, 4.69) is 4.90 Å². The summed E-state index contributed by atoms with van der Waals surface area (Å²) >= 11 is 0. The molecule has 3 heteroatoms. The summed E-state index contributed by atoms with van der Waals surface area (Å²) in [7, 11) is 0. The van der Waals surface area contributed by atoms with Gasteiger partial charge in [0.15, 0.2) is 0 Å². The van der Waals surface area contributed by atoms with Crippen molar-refractivity contribution in [2.24, 2.45) is 0 Å². The van der Waals surface area contributed by atoms with E-state index in [4.69, 9.17) is 0 Å². The fourth-order valence-corrected chi connectivity index (χ4v) is 3.58. The van der Waals surface area contributed by atoms with Crippen LogP contribution in [0.2, 0.25) is 0 Å². The normalized spacial score (nSPS) is 20.5. The lowest BCUT2D eigenvalue weighted by Gasteiger charge is -2.25. The Morgan fingerprint density at radius 3 is 2.22 bits per heavy atom. The Bertz CT molecular complexity index is 481. The molecule has 1 saturated heterocycles. The number of nitrogens with zero attached hydrogens (tertiary/aromatic N) is 1. The van der Waals surface area contributed by atoms with Crippen molar-refractivity contribution in [3.63, 3.8) is 0 Å². The molecule has 0 radical (unpaired) electrons. The van der Waals surface area contributed by atoms with E-state index in [1.807, 2.05) is 27.7 Å². The van der Waals surface area contributed by atoms with E-state index >= 15 is 0 Å². The van der Waals surface area contributed by atoms with Crippen molar-refractivity contribution in [1.82, 2.24) is 4.90 Å². The van der Waals surface area contributed by atoms with E-state index in [0.717, 1.165) is 36.8 Å². The van der Waals surface area contributed by atoms with Gasteiger partial charge in [-0.1, -0.05) is 27.7 Å². The van der Waals surface area contributed by atoms with Crippen LogP contribution >= 0.6 is 0 Å². The van der Waals surface area contributed by atoms with Crippen LogP contribution in [-0.4, -0.2) is 29.1 Å². The highest BCUT2D eigenvalue weighted by Gasteiger charge is 2.26. The first kappa shape index (κ1) is 20.0. The van der Waals surface area contributed by atoms with Crippen molar-refractivity contribution in [3.8, 4) is 5.75 Å². The number of phenolic OH excluding ortho intramolecular Hbond substituents is 1. The Kier molecular flexibility index (Phi) is 8.60. The summed E-state index contributed by atoms with van der Waals surface area (Å²) in [5, 5.41) is 9.77. The van der Waals surface area contributed by atoms with Crippen molar-refractivity contribution in [1.29, 1.82) is 0 Å². The number of hydrogen-bond acceptors (Lipinski definition) is 2. The molecule has 132 valence electrons. The van der Waals surface area contributed by atoms with Gasteiger partial charge in [-0.05, 0) is 75.7 Å². The first-order valence-corrected chi connectivity index (χ1v) is 9.40. The van der Waals surface area contributed by atoms with E-state index in [-0.39, 0.29) is 11.6 Å². The molecule has 1 atom stereocenters. The zero-order valence-electron chi connectivity index (χ0n) is 15.6. The number of halogens is 1. The first-order chi connectivity index (χ1) is 11.2. The predicted octanol–water partition coefficient (Wildman–Crippen LogP) is 5.24. The molecule has 1 N–H and O–H groups in total. The number of rotatable bonds is 1. The number of aromatic hydroxyl groups is 1. The molecule has 0 aromatic heterocycles. The van der Waals surface area contributed by atoms with Gasteiger partial charge in [-0.3, -0.25) is 0 Å². The summed E-state index contributed by atoms with van der Waals surface area (Å²) in [6.45, 7) is 12.1. The van der Waals surface area contributed by atoms with Crippen molar-refractivity contribution in [2.75, 3.05) is 13.1 Å². The molecule has 0 spiro atoms. The Labute approximate surface area is 141 Å². The summed E-state index contributed by atoms with van der Waals surface area (Å²) in [5.74, 6) is -0.0760. The number of benzene rings is 1. The maximum Gasteiger partial charge on any atom is 0.133 e. The van der Waals surface area contributed by atoms with Crippen molar-refractivity contribution in [3.05, 3.63) is 28.6 Å². The van der Waals surface area contributed by atoms with Crippen molar-refractivity contribution in [2.45, 2.75) is 79.2 Å². The quantitative estimate of drug-likeness (QED) is 0.715. The Morgan fingerprint density at radius 2 is 1.61 bits per heavy atom. The molecular weight excluding hydrogens is 289 g/mol. The van der Waals surface area contributed by atoms with Crippen LogP contribution in [0.15, 0.2) is 6.07 Å². The molecule has 0 amide bonds. The maximum absolute atomic E-state index is 14.3. The molecule has 1 heterocycles. The molecule has 3 rings (SSSR count). The number of aryl methyl sites for hydroxylation is 1. The fraction of sp³-hybridized carbons (Fsp3) is 0.700. The average molecular weight is 323 g/mol. The number of likely N-dealkylation sites (tertiary alicyclic amines) is 1. The second-order valence-electron chi connectivity index (χ2n) is 5.95. The van der Waals surface area contributed by atoms with E-state index in [0.29, 0.717) is 11.6 Å². The van der Waals surface area contributed by atoms with E-state index in [9.17, 15) is 9.50 Å². The maximum atomic E-state index is 14.3. The average Bonchev–Trinajstić information content (AvgIpc) is 3.05. The number of hydrogen-bond donors (Lipinski definition) is 1. The predicted molar refractivity (Wildman–Crippen MR) is 96.7 cm³/mol. The van der Waals surface area contributed by atoms with Gasteiger partial charge in [0.25, 0.3) is 0 Å². The SMILES string of the molecule is CC.CC.Cc1c(O)cc2c(c1F)CCC(N1CCCC1)CC2. The zero-order chi connectivity index (χ0) is 17.4. The molecule has 1 unspecified atom stereocenters. The highest BCUT2D eigenvalue weighted by Crippen LogP contribution is 2.32. The van der Waals surface area contributed by atoms with Crippen LogP contribution in [0.3, 0.4) is 0 Å². The van der Waals surface area contributed by atoms with Crippen LogP contribution in [0.25, 0.3) is 0 Å². The minimum Gasteiger partial charge on any atom is -0.508 e. The first-order valence-electron chi connectivity index (χ1n) is 9.40. The summed E-state index contributed by atoms with van der Waals surface area (Å²) < 4.78 is 14.3. The molecule has 2 aliphatic rings. The minimum absolute atomic E-state index is 0.107. The molecular formula is C20H34FNO. The molecule has 1 aromatic rings.